The number of aromatic nitrogens is 2. The second-order valence-electron chi connectivity index (χ2n) is 5.40. The number of fused-ring (bicyclic) bond motifs is 1. The lowest BCUT2D eigenvalue weighted by molar-refractivity contribution is 0.100. The molecule has 0 saturated heterocycles. The number of amides is 1. The van der Waals surface area contributed by atoms with E-state index in [9.17, 15) is 10.1 Å². The average Bonchev–Trinajstić information content (AvgIpc) is 2.53. The Bertz CT molecular complexity index is 986. The number of nitrogens with zero attached hydrogens (tertiary/aromatic N) is 3. The lowest BCUT2D eigenvalue weighted by atomic mass is 9.94. The zero-order valence-corrected chi connectivity index (χ0v) is 12.8. The van der Waals surface area contributed by atoms with Gasteiger partial charge in [-0.2, -0.15) is 5.26 Å². The summed E-state index contributed by atoms with van der Waals surface area (Å²) in [5, 5.41) is 10.2. The maximum atomic E-state index is 11.9. The summed E-state index contributed by atoms with van der Waals surface area (Å²) in [6, 6.07) is 9.69. The van der Waals surface area contributed by atoms with Crippen LogP contribution in [0.5, 0.6) is 0 Å². The molecule has 0 unspecified atom stereocenters. The Morgan fingerprint density at radius 2 is 1.96 bits per heavy atom. The van der Waals surface area contributed by atoms with Crippen LogP contribution >= 0.6 is 0 Å². The Kier molecular flexibility index (Phi) is 3.51. The highest BCUT2D eigenvalue weighted by molar-refractivity contribution is 6.03. The number of hydrogen-bond donors (Lipinski definition) is 1. The van der Waals surface area contributed by atoms with Crippen molar-refractivity contribution >= 4 is 16.8 Å². The molecule has 0 bridgehead atoms. The molecule has 0 radical (unpaired) electrons. The van der Waals surface area contributed by atoms with Crippen LogP contribution in [0.15, 0.2) is 36.7 Å². The summed E-state index contributed by atoms with van der Waals surface area (Å²) in [4.78, 5) is 20.5. The maximum Gasteiger partial charge on any atom is 0.250 e. The van der Waals surface area contributed by atoms with E-state index >= 15 is 0 Å². The highest BCUT2D eigenvalue weighted by Crippen LogP contribution is 2.30. The van der Waals surface area contributed by atoms with Gasteiger partial charge in [0.2, 0.25) is 0 Å². The minimum Gasteiger partial charge on any atom is -0.366 e. The average molecular weight is 302 g/mol. The molecule has 3 aromatic rings. The third kappa shape index (κ3) is 2.51. The molecule has 0 aliphatic carbocycles. The van der Waals surface area contributed by atoms with Crippen molar-refractivity contribution in [3.63, 3.8) is 0 Å². The van der Waals surface area contributed by atoms with Crippen molar-refractivity contribution in [1.82, 2.24) is 9.97 Å². The first-order valence-electron chi connectivity index (χ1n) is 7.07. The topological polar surface area (TPSA) is 92.7 Å². The van der Waals surface area contributed by atoms with Crippen LogP contribution in [0.4, 0.5) is 0 Å². The van der Waals surface area contributed by atoms with E-state index in [0.29, 0.717) is 11.3 Å². The van der Waals surface area contributed by atoms with Crippen molar-refractivity contribution in [2.75, 3.05) is 0 Å². The third-order valence-electron chi connectivity index (χ3n) is 3.74. The third-order valence-corrected chi connectivity index (χ3v) is 3.74. The van der Waals surface area contributed by atoms with Crippen molar-refractivity contribution < 1.29 is 4.79 Å². The SMILES string of the molecule is Cc1cnc2ccc(-c3c(C)ncc(C#N)c3C(N)=O)cc2c1. The molecule has 0 spiro atoms. The van der Waals surface area contributed by atoms with Gasteiger partial charge in [0.05, 0.1) is 16.6 Å². The van der Waals surface area contributed by atoms with Crippen molar-refractivity contribution in [3.05, 3.63) is 59.0 Å². The molecule has 5 nitrogen and oxygen atoms in total. The smallest absolute Gasteiger partial charge is 0.250 e. The van der Waals surface area contributed by atoms with E-state index in [2.05, 4.69) is 9.97 Å². The molecule has 0 aliphatic heterocycles. The molecule has 23 heavy (non-hydrogen) atoms. The van der Waals surface area contributed by atoms with Crippen LogP contribution in [-0.2, 0) is 0 Å². The summed E-state index contributed by atoms with van der Waals surface area (Å²) in [5.74, 6) is -0.635. The number of carbonyl (C=O) groups excluding carboxylic acids is 1. The molecule has 0 fully saturated rings. The van der Waals surface area contributed by atoms with E-state index in [1.807, 2.05) is 37.3 Å². The predicted molar refractivity (Wildman–Crippen MR) is 87.7 cm³/mol. The van der Waals surface area contributed by atoms with Gasteiger partial charge in [-0.05, 0) is 43.2 Å². The van der Waals surface area contributed by atoms with Gasteiger partial charge < -0.3 is 5.73 Å². The number of aryl methyl sites for hydroxylation is 2. The Balaban J connectivity index is 2.34. The van der Waals surface area contributed by atoms with Crippen LogP contribution in [0.3, 0.4) is 0 Å². The summed E-state index contributed by atoms with van der Waals surface area (Å²) in [7, 11) is 0. The van der Waals surface area contributed by atoms with Gasteiger partial charge in [-0.1, -0.05) is 6.07 Å². The number of benzene rings is 1. The predicted octanol–water partition coefficient (Wildman–Crippen LogP) is 2.88. The second kappa shape index (κ2) is 5.50. The second-order valence-corrected chi connectivity index (χ2v) is 5.40. The van der Waals surface area contributed by atoms with Gasteiger partial charge in [0.25, 0.3) is 5.91 Å². The minimum absolute atomic E-state index is 0.181. The van der Waals surface area contributed by atoms with Gasteiger partial charge >= 0.3 is 0 Å². The van der Waals surface area contributed by atoms with E-state index in [1.165, 1.54) is 6.20 Å². The van der Waals surface area contributed by atoms with Gasteiger partial charge in [0.15, 0.2) is 0 Å². The van der Waals surface area contributed by atoms with Crippen LogP contribution < -0.4 is 5.73 Å². The van der Waals surface area contributed by atoms with Crippen LogP contribution in [0, 0.1) is 25.2 Å². The van der Waals surface area contributed by atoms with Crippen molar-refractivity contribution in [1.29, 1.82) is 5.26 Å². The fourth-order valence-electron chi connectivity index (χ4n) is 2.70. The van der Waals surface area contributed by atoms with E-state index < -0.39 is 5.91 Å². The van der Waals surface area contributed by atoms with E-state index in [1.54, 1.807) is 13.1 Å². The zero-order valence-electron chi connectivity index (χ0n) is 12.8. The molecule has 2 heterocycles. The molecule has 2 aromatic heterocycles. The van der Waals surface area contributed by atoms with Crippen molar-refractivity contribution in [2.45, 2.75) is 13.8 Å². The molecule has 3 rings (SSSR count). The molecule has 0 atom stereocenters. The number of rotatable bonds is 2. The molecule has 0 aliphatic rings. The van der Waals surface area contributed by atoms with Gasteiger partial charge in [0.1, 0.15) is 6.07 Å². The number of nitriles is 1. The van der Waals surface area contributed by atoms with Gasteiger partial charge in [-0.15, -0.1) is 0 Å². The molecule has 2 N–H and O–H groups in total. The van der Waals surface area contributed by atoms with E-state index in [0.717, 1.165) is 22.0 Å². The normalized spacial score (nSPS) is 10.5. The first-order chi connectivity index (χ1) is 11.0. The highest BCUT2D eigenvalue weighted by Gasteiger charge is 2.19. The monoisotopic (exact) mass is 302 g/mol. The van der Waals surface area contributed by atoms with Gasteiger partial charge in [-0.25, -0.2) is 0 Å². The van der Waals surface area contributed by atoms with Crippen molar-refractivity contribution in [2.24, 2.45) is 5.73 Å². The summed E-state index contributed by atoms with van der Waals surface area (Å²) < 4.78 is 0. The van der Waals surface area contributed by atoms with E-state index in [4.69, 9.17) is 5.73 Å². The fraction of sp³-hybridized carbons (Fsp3) is 0.111. The fourth-order valence-corrected chi connectivity index (χ4v) is 2.70. The van der Waals surface area contributed by atoms with E-state index in [-0.39, 0.29) is 11.1 Å². The summed E-state index contributed by atoms with van der Waals surface area (Å²) in [6.07, 6.45) is 3.19. The first-order valence-corrected chi connectivity index (χ1v) is 7.07. The van der Waals surface area contributed by atoms with Crippen LogP contribution in [0.25, 0.3) is 22.0 Å². The lowest BCUT2D eigenvalue weighted by Gasteiger charge is -2.12. The molecule has 0 saturated carbocycles. The lowest BCUT2D eigenvalue weighted by Crippen LogP contribution is -2.16. The highest BCUT2D eigenvalue weighted by atomic mass is 16.1. The van der Waals surface area contributed by atoms with Crippen molar-refractivity contribution in [3.8, 4) is 17.2 Å². The largest absolute Gasteiger partial charge is 0.366 e. The molecule has 112 valence electrons. The molecule has 5 heteroatoms. The number of hydrogen-bond acceptors (Lipinski definition) is 4. The Morgan fingerprint density at radius 3 is 2.65 bits per heavy atom. The maximum absolute atomic E-state index is 11.9. The summed E-state index contributed by atoms with van der Waals surface area (Å²) in [6.45, 7) is 3.76. The molecule has 1 amide bonds. The Morgan fingerprint density at radius 1 is 1.17 bits per heavy atom. The van der Waals surface area contributed by atoms with Crippen LogP contribution in [0.2, 0.25) is 0 Å². The van der Waals surface area contributed by atoms with Crippen LogP contribution in [-0.4, -0.2) is 15.9 Å². The standard InChI is InChI=1S/C18H14N4O/c1-10-5-13-6-12(3-4-15(13)22-8-10)16-11(2)21-9-14(7-19)17(16)18(20)23/h3-6,8-9H,1-2H3,(H2,20,23). The summed E-state index contributed by atoms with van der Waals surface area (Å²) in [5.41, 5.74) is 9.84. The Labute approximate surface area is 133 Å². The zero-order chi connectivity index (χ0) is 16.6. The van der Waals surface area contributed by atoms with Crippen LogP contribution in [0.1, 0.15) is 27.2 Å². The quantitative estimate of drug-likeness (QED) is 0.787. The van der Waals surface area contributed by atoms with Gasteiger partial charge in [-0.3, -0.25) is 14.8 Å². The first kappa shape index (κ1) is 14.7. The number of primary amides is 1. The molecular formula is C18H14N4O. The number of nitrogens with two attached hydrogens (primary N) is 1. The number of carbonyl (C=O) groups is 1. The van der Waals surface area contributed by atoms with Gasteiger partial charge in [0, 0.05) is 29.0 Å². The Hall–Kier alpha value is -3.26. The minimum atomic E-state index is -0.635. The number of pyridine rings is 2. The molecule has 1 aromatic carbocycles. The molecular weight excluding hydrogens is 288 g/mol. The summed E-state index contributed by atoms with van der Waals surface area (Å²) >= 11 is 0.